The van der Waals surface area contributed by atoms with Gasteiger partial charge in [0.2, 0.25) is 0 Å². The Morgan fingerprint density at radius 3 is 0.818 bits per heavy atom. The summed E-state index contributed by atoms with van der Waals surface area (Å²) in [5, 5.41) is 0. The summed E-state index contributed by atoms with van der Waals surface area (Å²) >= 11 is 0. The number of rotatable bonds is 0. The Bertz CT molecular complexity index is 131. The molecular weight excluding hydrogens is 198 g/mol. The van der Waals surface area contributed by atoms with E-state index >= 15 is 0 Å². The molecule has 0 saturated heterocycles. The Labute approximate surface area is 63.6 Å². The molecule has 0 aromatic carbocycles. The summed E-state index contributed by atoms with van der Waals surface area (Å²) in [5.74, 6) is 0. The van der Waals surface area contributed by atoms with Crippen LogP contribution in [-0.4, -0.2) is 0 Å². The van der Waals surface area contributed by atoms with E-state index in [0.717, 1.165) is 0 Å². The molecule has 0 spiro atoms. The van der Waals surface area contributed by atoms with Crippen LogP contribution in [0.1, 0.15) is 0 Å². The standard InChI is InChI=1S/C.2H4NO3P/c;2*1-5(2,3)4/h;2*(H4,1,2,3,4)/q+4;;/p-4. The third kappa shape index (κ3) is 14300. The zero-order valence-electron chi connectivity index (χ0n) is 5.00. The van der Waals surface area contributed by atoms with Crippen molar-refractivity contribution in [1.29, 1.82) is 0 Å². The van der Waals surface area contributed by atoms with Gasteiger partial charge in [-0.25, -0.2) is 0 Å². The topological polar surface area (TPSA) is 178 Å². The summed E-state index contributed by atoms with van der Waals surface area (Å²) in [6.07, 6.45) is 0. The molecule has 0 unspecified atom stereocenters. The molecule has 0 rings (SSSR count). The van der Waals surface area contributed by atoms with E-state index in [1.165, 1.54) is 0 Å². The van der Waals surface area contributed by atoms with Crippen molar-refractivity contribution in [2.75, 3.05) is 0 Å². The molecule has 0 fully saturated rings. The maximum Gasteiger partial charge on any atom is 4.00 e. The molecule has 0 aliphatic rings. The Balaban J connectivity index is -0.000000107. The van der Waals surface area contributed by atoms with Crippen LogP contribution >= 0.6 is 15.5 Å². The molecule has 0 radical (unpaired) electrons. The van der Waals surface area contributed by atoms with Gasteiger partial charge in [-0.3, -0.25) is 0 Å². The molecule has 8 nitrogen and oxygen atoms in total. The summed E-state index contributed by atoms with van der Waals surface area (Å²) in [6.45, 7) is 0. The van der Waals surface area contributed by atoms with E-state index < -0.39 is 15.5 Å². The van der Waals surface area contributed by atoms with Gasteiger partial charge in [-0.05, 0) is 15.5 Å². The first-order valence-electron chi connectivity index (χ1n) is 1.61. The van der Waals surface area contributed by atoms with Crippen LogP contribution in [0, 0.1) is 7.43 Å². The van der Waals surface area contributed by atoms with Crippen molar-refractivity contribution in [3.63, 3.8) is 0 Å². The van der Waals surface area contributed by atoms with Crippen molar-refractivity contribution in [3.8, 4) is 0 Å². The quantitative estimate of drug-likeness (QED) is 0.369. The maximum atomic E-state index is 8.88. The van der Waals surface area contributed by atoms with Gasteiger partial charge in [-0.2, -0.15) is 0 Å². The smallest absolute Gasteiger partial charge is 0.799 e. The molecule has 0 atom stereocenters. The van der Waals surface area contributed by atoms with Crippen LogP contribution in [-0.2, 0) is 9.13 Å². The summed E-state index contributed by atoms with van der Waals surface area (Å²) in [7, 11) is -9.28. The van der Waals surface area contributed by atoms with E-state index in [4.69, 9.17) is 28.7 Å². The SMILES string of the molecule is NP(=O)([O-])[O-].NP(=O)([O-])[O-].[C+4]. The summed E-state index contributed by atoms with van der Waals surface area (Å²) in [6, 6.07) is 0. The third-order valence-corrected chi connectivity index (χ3v) is 0. The number of nitrogens with two attached hydrogens (primary N) is 2. The van der Waals surface area contributed by atoms with Gasteiger partial charge in [0.25, 0.3) is 0 Å². The summed E-state index contributed by atoms with van der Waals surface area (Å²) in [4.78, 5) is 35.5. The van der Waals surface area contributed by atoms with Gasteiger partial charge in [-0.15, -0.1) is 0 Å². The minimum absolute atomic E-state index is 0. The summed E-state index contributed by atoms with van der Waals surface area (Å²) in [5.41, 5.74) is 7.60. The van der Waals surface area contributed by atoms with Crippen LogP contribution in [0.25, 0.3) is 0 Å². The number of hydrogen-bond acceptors (Lipinski definition) is 6. The van der Waals surface area contributed by atoms with E-state index in [2.05, 4.69) is 11.0 Å². The van der Waals surface area contributed by atoms with E-state index in [-0.39, 0.29) is 7.43 Å². The first-order valence-corrected chi connectivity index (χ1v) is 4.84. The zero-order chi connectivity index (χ0) is 9.00. The second-order valence-corrected chi connectivity index (χ2v) is 3.24. The van der Waals surface area contributed by atoms with Crippen LogP contribution in [0.4, 0.5) is 0 Å². The molecule has 0 heterocycles. The van der Waals surface area contributed by atoms with Crippen molar-refractivity contribution in [2.45, 2.75) is 0 Å². The Morgan fingerprint density at radius 1 is 0.818 bits per heavy atom. The molecule has 0 saturated carbocycles. The largest absolute Gasteiger partial charge is 4.00 e. The molecular formula is CH4N2O6P2. The van der Waals surface area contributed by atoms with Crippen molar-refractivity contribution in [2.24, 2.45) is 11.0 Å². The van der Waals surface area contributed by atoms with Crippen molar-refractivity contribution < 1.29 is 28.7 Å². The van der Waals surface area contributed by atoms with Gasteiger partial charge in [0.15, 0.2) is 0 Å². The van der Waals surface area contributed by atoms with E-state index in [0.29, 0.717) is 0 Å². The Kier molecular flexibility index (Phi) is 9.17. The molecule has 0 bridgehead atoms. The van der Waals surface area contributed by atoms with Gasteiger partial charge in [0, 0.05) is 0 Å². The minimum Gasteiger partial charge on any atom is -0.799 e. The molecule has 10 heteroatoms. The van der Waals surface area contributed by atoms with Crippen LogP contribution in [0.2, 0.25) is 0 Å². The predicted octanol–water partition coefficient (Wildman–Crippen LogP) is -4.37. The third-order valence-electron chi connectivity index (χ3n) is 0. The van der Waals surface area contributed by atoms with Gasteiger partial charge in [-0.1, -0.05) is 0 Å². The molecule has 64 valence electrons. The van der Waals surface area contributed by atoms with Crippen molar-refractivity contribution >= 4 is 15.5 Å². The molecule has 11 heavy (non-hydrogen) atoms. The average molecular weight is 202 g/mol. The van der Waals surface area contributed by atoms with E-state index in [1.807, 2.05) is 0 Å². The predicted molar refractivity (Wildman–Crippen MR) is 26.8 cm³/mol. The van der Waals surface area contributed by atoms with E-state index in [1.54, 1.807) is 0 Å². The van der Waals surface area contributed by atoms with Crippen LogP contribution < -0.4 is 30.6 Å². The fraction of sp³-hybridized carbons (Fsp3) is 0. The minimum atomic E-state index is -4.64. The van der Waals surface area contributed by atoms with Crippen molar-refractivity contribution in [3.05, 3.63) is 7.43 Å². The summed E-state index contributed by atoms with van der Waals surface area (Å²) < 4.78 is 17.8. The van der Waals surface area contributed by atoms with Crippen LogP contribution in [0.15, 0.2) is 0 Å². The average Bonchev–Trinajstić information content (AvgIpc) is 1.12. The van der Waals surface area contributed by atoms with Gasteiger partial charge < -0.3 is 39.7 Å². The van der Waals surface area contributed by atoms with E-state index in [9.17, 15) is 0 Å². The molecule has 0 aliphatic heterocycles. The first-order chi connectivity index (χ1) is 4.00. The Morgan fingerprint density at radius 2 is 0.818 bits per heavy atom. The molecule has 0 aromatic heterocycles. The zero-order valence-corrected chi connectivity index (χ0v) is 6.79. The molecule has 0 aromatic rings. The van der Waals surface area contributed by atoms with Gasteiger partial charge in [0.05, 0.1) is 0 Å². The van der Waals surface area contributed by atoms with Gasteiger partial charge in [0.1, 0.15) is 0 Å². The van der Waals surface area contributed by atoms with Crippen molar-refractivity contribution in [1.82, 2.24) is 0 Å². The molecule has 4 N–H and O–H groups in total. The Hall–Kier alpha value is 0.220. The van der Waals surface area contributed by atoms with Gasteiger partial charge >= 0.3 is 7.43 Å². The van der Waals surface area contributed by atoms with Crippen LogP contribution in [0.3, 0.4) is 0 Å². The number of hydrogen-bond donors (Lipinski definition) is 2. The van der Waals surface area contributed by atoms with Crippen LogP contribution in [0.5, 0.6) is 0 Å². The maximum absolute atomic E-state index is 8.88. The second-order valence-electron chi connectivity index (χ2n) is 1.08. The normalized spacial score (nSPS) is 10.7. The fourth-order valence-corrected chi connectivity index (χ4v) is 0. The first kappa shape index (κ1) is 17.3. The fourth-order valence-electron chi connectivity index (χ4n) is 0. The second kappa shape index (κ2) is 5.82. The molecule has 0 amide bonds. The monoisotopic (exact) mass is 202 g/mol. The molecule has 0 aliphatic carbocycles.